The number of aliphatic carboxylic acids is 1. The van der Waals surface area contributed by atoms with Crippen LogP contribution in [0.3, 0.4) is 0 Å². The predicted molar refractivity (Wildman–Crippen MR) is 91.6 cm³/mol. The first-order valence-electron chi connectivity index (χ1n) is 8.51. The van der Waals surface area contributed by atoms with Crippen LogP contribution in [0, 0.1) is 0 Å². The van der Waals surface area contributed by atoms with Crippen LogP contribution in [-0.4, -0.2) is 48.1 Å². The van der Waals surface area contributed by atoms with Gasteiger partial charge < -0.3 is 15.6 Å². The monoisotopic (exact) mass is 402 g/mol. The fourth-order valence-corrected chi connectivity index (χ4v) is 2.73. The molecule has 0 aromatic carbocycles. The number of nitrogens with zero attached hydrogens (tertiary/aromatic N) is 5. The molecule has 1 aliphatic rings. The van der Waals surface area contributed by atoms with Crippen molar-refractivity contribution in [1.29, 1.82) is 0 Å². The number of nitrogen functional groups attached to an aromatic ring is 1. The zero-order valence-corrected chi connectivity index (χ0v) is 15.3. The van der Waals surface area contributed by atoms with Gasteiger partial charge in [0.15, 0.2) is 0 Å². The summed E-state index contributed by atoms with van der Waals surface area (Å²) in [5.41, 5.74) is 6.65. The highest BCUT2D eigenvalue weighted by Gasteiger charge is 2.38. The highest BCUT2D eigenvalue weighted by Crippen LogP contribution is 2.36. The van der Waals surface area contributed by atoms with Crippen molar-refractivity contribution in [2.45, 2.75) is 57.3 Å². The fraction of sp³-hybridized carbons (Fsp3) is 0.562. The van der Waals surface area contributed by atoms with E-state index in [1.165, 1.54) is 0 Å². The lowest BCUT2D eigenvalue weighted by atomic mass is 10.0. The summed E-state index contributed by atoms with van der Waals surface area (Å²) in [5, 5.41) is 15.1. The Morgan fingerprint density at radius 3 is 2.46 bits per heavy atom. The lowest BCUT2D eigenvalue weighted by Crippen LogP contribution is -2.21. The van der Waals surface area contributed by atoms with Gasteiger partial charge in [0, 0.05) is 18.4 Å². The van der Waals surface area contributed by atoms with E-state index in [1.807, 2.05) is 17.0 Å². The van der Waals surface area contributed by atoms with E-state index in [0.29, 0.717) is 17.9 Å². The molecule has 2 atom stereocenters. The Morgan fingerprint density at radius 2 is 1.93 bits per heavy atom. The zero-order chi connectivity index (χ0) is 20.9. The van der Waals surface area contributed by atoms with E-state index in [9.17, 15) is 13.2 Å². The maximum Gasteiger partial charge on any atom is 0.490 e. The third kappa shape index (κ3) is 5.79. The van der Waals surface area contributed by atoms with Crippen LogP contribution in [0.15, 0.2) is 18.7 Å². The van der Waals surface area contributed by atoms with Crippen molar-refractivity contribution >= 4 is 11.9 Å². The smallest absolute Gasteiger partial charge is 0.475 e. The first-order chi connectivity index (χ1) is 13.1. The van der Waals surface area contributed by atoms with Gasteiger partial charge in [0.25, 0.3) is 0 Å². The van der Waals surface area contributed by atoms with E-state index in [-0.39, 0.29) is 12.1 Å². The summed E-state index contributed by atoms with van der Waals surface area (Å²) in [6.07, 6.45) is 3.42. The summed E-state index contributed by atoms with van der Waals surface area (Å²) in [6.45, 7) is 4.17. The van der Waals surface area contributed by atoms with Crippen molar-refractivity contribution < 1.29 is 27.8 Å². The van der Waals surface area contributed by atoms with Gasteiger partial charge in [-0.25, -0.2) is 14.8 Å². The zero-order valence-electron chi connectivity index (χ0n) is 15.3. The van der Waals surface area contributed by atoms with Crippen molar-refractivity contribution in [3.63, 3.8) is 0 Å². The van der Waals surface area contributed by atoms with Gasteiger partial charge in [-0.05, 0) is 44.6 Å². The van der Waals surface area contributed by atoms with E-state index < -0.39 is 12.1 Å². The van der Waals surface area contributed by atoms with Gasteiger partial charge in [0.2, 0.25) is 5.95 Å². The summed E-state index contributed by atoms with van der Waals surface area (Å²) >= 11 is 0. The number of ether oxygens (including phenoxy) is 1. The number of carbonyl (C=O) groups is 1. The lowest BCUT2D eigenvalue weighted by molar-refractivity contribution is -0.192. The summed E-state index contributed by atoms with van der Waals surface area (Å²) in [6, 6.07) is 0.891. The quantitative estimate of drug-likeness (QED) is 0.798. The van der Waals surface area contributed by atoms with Crippen LogP contribution in [0.5, 0.6) is 6.01 Å². The summed E-state index contributed by atoms with van der Waals surface area (Å²) < 4.78 is 39.7. The first kappa shape index (κ1) is 21.4. The van der Waals surface area contributed by atoms with Gasteiger partial charge >= 0.3 is 18.2 Å². The average molecular weight is 402 g/mol. The summed E-state index contributed by atoms with van der Waals surface area (Å²) in [5.74, 6) is -2.02. The third-order valence-electron chi connectivity index (χ3n) is 4.16. The Kier molecular flexibility index (Phi) is 6.75. The summed E-state index contributed by atoms with van der Waals surface area (Å²) in [7, 11) is 0. The molecule has 3 N–H and O–H groups in total. The van der Waals surface area contributed by atoms with Crippen LogP contribution in [0.25, 0.3) is 0 Å². The van der Waals surface area contributed by atoms with E-state index >= 15 is 0 Å². The molecule has 0 radical (unpaired) electrons. The minimum absolute atomic E-state index is 0.161. The molecule has 0 amide bonds. The van der Waals surface area contributed by atoms with Crippen LogP contribution in [0.2, 0.25) is 0 Å². The molecule has 28 heavy (non-hydrogen) atoms. The van der Waals surface area contributed by atoms with Gasteiger partial charge in [0.1, 0.15) is 12.4 Å². The van der Waals surface area contributed by atoms with Gasteiger partial charge in [0.05, 0.1) is 0 Å². The van der Waals surface area contributed by atoms with Crippen molar-refractivity contribution in [2.75, 3.05) is 5.73 Å². The van der Waals surface area contributed by atoms with Gasteiger partial charge in [-0.2, -0.15) is 13.2 Å². The minimum atomic E-state index is -5.08. The molecular weight excluding hydrogens is 381 g/mol. The predicted octanol–water partition coefficient (Wildman–Crippen LogP) is 2.58. The highest BCUT2D eigenvalue weighted by atomic mass is 19.4. The Morgan fingerprint density at radius 1 is 1.32 bits per heavy atom. The number of nitrogens with two attached hydrogens (primary N) is 1. The van der Waals surface area contributed by atoms with Gasteiger partial charge in [-0.3, -0.25) is 4.57 Å². The maximum absolute atomic E-state index is 10.6. The van der Waals surface area contributed by atoms with E-state index in [1.54, 1.807) is 6.33 Å². The molecule has 0 unspecified atom stereocenters. The maximum atomic E-state index is 10.6. The second-order valence-electron chi connectivity index (χ2n) is 6.54. The number of carboxylic acid groups (broad SMARTS) is 1. The molecular formula is C16H21F3N6O3. The number of alkyl halides is 3. The molecule has 9 nitrogen and oxygen atoms in total. The third-order valence-corrected chi connectivity index (χ3v) is 4.16. The first-order valence-corrected chi connectivity index (χ1v) is 8.51. The second kappa shape index (κ2) is 8.85. The van der Waals surface area contributed by atoms with Crippen LogP contribution in [0.4, 0.5) is 19.1 Å². The highest BCUT2D eigenvalue weighted by molar-refractivity contribution is 5.73. The van der Waals surface area contributed by atoms with E-state index in [0.717, 1.165) is 24.8 Å². The normalized spacial score (nSPS) is 19.2. The van der Waals surface area contributed by atoms with Crippen LogP contribution < -0.4 is 10.5 Å². The van der Waals surface area contributed by atoms with Crippen LogP contribution in [0.1, 0.15) is 50.6 Å². The standard InChI is InChI=1S/C14H20N6O.C2HF3O2/c1-9(2)20-8-18-19-14(20)21-12-4-3-10(5-12)11-6-16-13(15)17-7-11;3-2(4,5)1(6)7/h6-10,12H,3-5H2,1-2H3,(H2,15,16,17);(H,6,7)/t10-,12+;/m1./s1. The molecule has 1 aliphatic carbocycles. The Labute approximate surface area is 158 Å². The second-order valence-corrected chi connectivity index (χ2v) is 6.54. The summed E-state index contributed by atoms with van der Waals surface area (Å²) in [4.78, 5) is 17.0. The van der Waals surface area contributed by atoms with Gasteiger partial charge in [-0.1, -0.05) is 5.10 Å². The van der Waals surface area contributed by atoms with Crippen molar-refractivity contribution in [2.24, 2.45) is 0 Å². The SMILES string of the molecule is CC(C)n1cnnc1O[C@H]1CC[C@@H](c2cnc(N)nc2)C1.O=C(O)C(F)(F)F. The molecule has 3 rings (SSSR count). The number of anilines is 1. The molecule has 0 bridgehead atoms. The van der Waals surface area contributed by atoms with Gasteiger partial charge in [-0.15, -0.1) is 5.10 Å². The molecule has 2 aromatic heterocycles. The minimum Gasteiger partial charge on any atom is -0.475 e. The molecule has 1 saturated carbocycles. The number of rotatable bonds is 4. The van der Waals surface area contributed by atoms with Crippen molar-refractivity contribution in [3.8, 4) is 6.01 Å². The fourth-order valence-electron chi connectivity index (χ4n) is 2.73. The number of aromatic nitrogens is 5. The molecule has 0 aliphatic heterocycles. The number of hydrogen-bond donors (Lipinski definition) is 2. The van der Waals surface area contributed by atoms with Crippen molar-refractivity contribution in [3.05, 3.63) is 24.3 Å². The molecule has 0 spiro atoms. The molecule has 0 saturated heterocycles. The van der Waals surface area contributed by atoms with Crippen LogP contribution >= 0.6 is 0 Å². The average Bonchev–Trinajstić information content (AvgIpc) is 3.25. The largest absolute Gasteiger partial charge is 0.490 e. The Balaban J connectivity index is 0.000000345. The lowest BCUT2D eigenvalue weighted by Gasteiger charge is -2.15. The van der Waals surface area contributed by atoms with E-state index in [2.05, 4.69) is 34.0 Å². The van der Waals surface area contributed by atoms with Crippen LogP contribution in [-0.2, 0) is 4.79 Å². The Hall–Kier alpha value is -2.92. The topological polar surface area (TPSA) is 129 Å². The number of carboxylic acids is 1. The van der Waals surface area contributed by atoms with E-state index in [4.69, 9.17) is 20.4 Å². The molecule has 2 aromatic rings. The molecule has 2 heterocycles. The molecule has 12 heteroatoms. The number of halogens is 3. The molecule has 1 fully saturated rings. The Bertz CT molecular complexity index is 779. The van der Waals surface area contributed by atoms with Crippen molar-refractivity contribution in [1.82, 2.24) is 24.7 Å². The molecule has 154 valence electrons. The number of hydrogen-bond acceptors (Lipinski definition) is 7.